The van der Waals surface area contributed by atoms with E-state index in [0.717, 1.165) is 25.0 Å². The lowest BCUT2D eigenvalue weighted by atomic mass is 9.38. The zero-order valence-electron chi connectivity index (χ0n) is 17.9. The van der Waals surface area contributed by atoms with Crippen molar-refractivity contribution < 1.29 is 23.9 Å². The molecule has 0 aromatic rings. The van der Waals surface area contributed by atoms with Gasteiger partial charge in [-0.1, -0.05) is 20.8 Å². The summed E-state index contributed by atoms with van der Waals surface area (Å²) < 4.78 is 12.0. The molecule has 2 saturated carbocycles. The molecular formula is C21H33NO5Si. The van der Waals surface area contributed by atoms with Crippen LogP contribution in [0.2, 0.25) is 18.1 Å². The third kappa shape index (κ3) is 2.23. The summed E-state index contributed by atoms with van der Waals surface area (Å²) in [5, 5.41) is 9.79. The lowest BCUT2D eigenvalue weighted by molar-refractivity contribution is -0.252. The standard InChI is InChI=1S/C21H33NO5Si/c1-20(2,3)28(5,6)27-15-10-14-16-17(22(11-23)18(16)24)21(14,19(25)26-4)13-9-7-8-12(13)15/h13-14,16-17,23H,7-11H2,1-6H3/t13-,14-,16-,17-,21+/m1/s1. The predicted molar refractivity (Wildman–Crippen MR) is 106 cm³/mol. The van der Waals surface area contributed by atoms with Gasteiger partial charge in [-0.2, -0.15) is 0 Å². The van der Waals surface area contributed by atoms with Crippen LogP contribution in [0.15, 0.2) is 11.3 Å². The number of hydrogen-bond donors (Lipinski definition) is 1. The number of likely N-dealkylation sites (tertiary alicyclic amines) is 1. The Balaban J connectivity index is 1.77. The fourth-order valence-corrected chi connectivity index (χ4v) is 7.17. The van der Waals surface area contributed by atoms with Crippen LogP contribution in [0.5, 0.6) is 0 Å². The van der Waals surface area contributed by atoms with Crippen molar-refractivity contribution in [3.05, 3.63) is 11.3 Å². The first-order chi connectivity index (χ1) is 13.0. The molecule has 7 heteroatoms. The second kappa shape index (κ2) is 6.08. The Morgan fingerprint density at radius 3 is 2.61 bits per heavy atom. The number of hydrogen-bond acceptors (Lipinski definition) is 5. The Hall–Kier alpha value is -1.34. The minimum absolute atomic E-state index is 0.0369. The number of nitrogens with zero attached hydrogens (tertiary/aromatic N) is 1. The number of methoxy groups -OCH3 is 1. The molecule has 0 radical (unpaired) electrons. The Labute approximate surface area is 168 Å². The fraction of sp³-hybridized carbons (Fsp3) is 0.810. The van der Waals surface area contributed by atoms with Crippen LogP contribution in [-0.4, -0.2) is 50.1 Å². The summed E-state index contributed by atoms with van der Waals surface area (Å²) in [7, 11) is -0.572. The third-order valence-corrected chi connectivity index (χ3v) is 12.7. The van der Waals surface area contributed by atoms with E-state index in [1.165, 1.54) is 17.6 Å². The van der Waals surface area contributed by atoms with Gasteiger partial charge in [0, 0.05) is 12.3 Å². The van der Waals surface area contributed by atoms with E-state index in [1.807, 2.05) is 0 Å². The van der Waals surface area contributed by atoms with Gasteiger partial charge in [-0.05, 0) is 48.9 Å². The molecule has 0 unspecified atom stereocenters. The number of ether oxygens (including phenoxy) is 1. The highest BCUT2D eigenvalue weighted by atomic mass is 28.4. The van der Waals surface area contributed by atoms with Crippen LogP contribution in [-0.2, 0) is 18.8 Å². The minimum atomic E-state index is -2.01. The van der Waals surface area contributed by atoms with Crippen LogP contribution in [0, 0.1) is 23.2 Å². The van der Waals surface area contributed by atoms with Crippen LogP contribution in [0.4, 0.5) is 0 Å². The number of carbonyl (C=O) groups excluding carboxylic acids is 2. The average Bonchev–Trinajstić information content (AvgIpc) is 3.08. The molecule has 1 aliphatic heterocycles. The number of rotatable bonds is 4. The number of aliphatic hydroxyl groups is 1. The lowest BCUT2D eigenvalue weighted by Crippen LogP contribution is -2.84. The molecule has 6 nitrogen and oxygen atoms in total. The van der Waals surface area contributed by atoms with E-state index in [2.05, 4.69) is 33.9 Å². The predicted octanol–water partition coefficient (Wildman–Crippen LogP) is 3.03. The topological polar surface area (TPSA) is 76.1 Å². The molecular weight excluding hydrogens is 374 g/mol. The molecule has 4 rings (SSSR count). The Kier molecular flexibility index (Phi) is 4.33. The fourth-order valence-electron chi connectivity index (χ4n) is 6.03. The number of β-lactam (4-membered cyclic amide) rings is 1. The van der Waals surface area contributed by atoms with Gasteiger partial charge in [-0.3, -0.25) is 9.59 Å². The highest BCUT2D eigenvalue weighted by Crippen LogP contribution is 2.71. The van der Waals surface area contributed by atoms with Gasteiger partial charge in [-0.25, -0.2) is 0 Å². The number of esters is 1. The Morgan fingerprint density at radius 2 is 2.04 bits per heavy atom. The van der Waals surface area contributed by atoms with E-state index < -0.39 is 13.7 Å². The van der Waals surface area contributed by atoms with Gasteiger partial charge in [0.05, 0.1) is 30.2 Å². The summed E-state index contributed by atoms with van der Waals surface area (Å²) in [5.74, 6) is 0.582. The minimum Gasteiger partial charge on any atom is -0.547 e. The monoisotopic (exact) mass is 407 g/mol. The van der Waals surface area contributed by atoms with Crippen molar-refractivity contribution in [2.75, 3.05) is 13.8 Å². The molecule has 0 aromatic heterocycles. The van der Waals surface area contributed by atoms with Gasteiger partial charge in [0.15, 0.2) is 0 Å². The number of carbonyl (C=O) groups is 2. The number of allylic oxidation sites excluding steroid dienone is 2. The van der Waals surface area contributed by atoms with Gasteiger partial charge in [0.25, 0.3) is 0 Å². The van der Waals surface area contributed by atoms with Crippen molar-refractivity contribution in [1.82, 2.24) is 4.90 Å². The zero-order valence-corrected chi connectivity index (χ0v) is 18.9. The first-order valence-electron chi connectivity index (χ1n) is 10.4. The number of fused-ring (bicyclic) bond motifs is 6. The summed E-state index contributed by atoms with van der Waals surface area (Å²) in [6, 6.07) is -0.227. The molecule has 0 spiro atoms. The first kappa shape index (κ1) is 20.0. The molecule has 1 N–H and O–H groups in total. The number of aliphatic hydroxyl groups excluding tert-OH is 1. The highest BCUT2D eigenvalue weighted by molar-refractivity contribution is 6.74. The molecule has 3 fully saturated rings. The largest absolute Gasteiger partial charge is 0.547 e. The summed E-state index contributed by atoms with van der Waals surface area (Å²) in [5.41, 5.74) is 0.560. The van der Waals surface area contributed by atoms with E-state index >= 15 is 0 Å². The third-order valence-electron chi connectivity index (χ3n) is 8.36. The average molecular weight is 408 g/mol. The van der Waals surface area contributed by atoms with Gasteiger partial charge < -0.3 is 19.2 Å². The molecule has 1 amide bonds. The lowest BCUT2D eigenvalue weighted by Gasteiger charge is -2.71. The van der Waals surface area contributed by atoms with Crippen molar-refractivity contribution in [2.45, 2.75) is 70.6 Å². The summed E-state index contributed by atoms with van der Waals surface area (Å²) in [6.07, 6.45) is 3.53. The molecule has 156 valence electrons. The second-order valence-corrected chi connectivity index (χ2v) is 15.1. The summed E-state index contributed by atoms with van der Waals surface area (Å²) in [4.78, 5) is 27.1. The molecule has 4 aliphatic rings. The Bertz CT molecular complexity index is 754. The molecule has 0 bridgehead atoms. The maximum atomic E-state index is 13.1. The van der Waals surface area contributed by atoms with Crippen molar-refractivity contribution in [1.29, 1.82) is 0 Å². The van der Waals surface area contributed by atoms with Crippen LogP contribution >= 0.6 is 0 Å². The van der Waals surface area contributed by atoms with E-state index in [0.29, 0.717) is 6.42 Å². The van der Waals surface area contributed by atoms with E-state index in [-0.39, 0.29) is 47.4 Å². The van der Waals surface area contributed by atoms with E-state index in [9.17, 15) is 14.7 Å². The van der Waals surface area contributed by atoms with Crippen LogP contribution in [0.3, 0.4) is 0 Å². The summed E-state index contributed by atoms with van der Waals surface area (Å²) >= 11 is 0. The normalized spacial score (nSPS) is 36.8. The van der Waals surface area contributed by atoms with E-state index in [1.54, 1.807) is 0 Å². The highest BCUT2D eigenvalue weighted by Gasteiger charge is 2.80. The SMILES string of the molecule is COC(=O)[C@@]12[C@@H]3CCCC3=C(O[Si](C)(C)C(C)(C)C)C[C@@H]1[C@H]1C(=O)N(CO)[C@H]12. The summed E-state index contributed by atoms with van der Waals surface area (Å²) in [6.45, 7) is 10.9. The molecule has 28 heavy (non-hydrogen) atoms. The molecule has 5 atom stereocenters. The zero-order chi connectivity index (χ0) is 20.6. The van der Waals surface area contributed by atoms with Gasteiger partial charge >= 0.3 is 5.97 Å². The first-order valence-corrected chi connectivity index (χ1v) is 13.3. The van der Waals surface area contributed by atoms with Crippen LogP contribution in [0.1, 0.15) is 46.5 Å². The van der Waals surface area contributed by atoms with Gasteiger partial charge in [0.2, 0.25) is 14.2 Å². The molecule has 0 aromatic carbocycles. The molecule has 3 aliphatic carbocycles. The van der Waals surface area contributed by atoms with Crippen molar-refractivity contribution in [3.63, 3.8) is 0 Å². The van der Waals surface area contributed by atoms with Gasteiger partial charge in [0.1, 0.15) is 6.73 Å². The maximum absolute atomic E-state index is 13.1. The number of piperidine rings is 1. The molecule has 1 heterocycles. The van der Waals surface area contributed by atoms with Crippen LogP contribution < -0.4 is 0 Å². The second-order valence-electron chi connectivity index (χ2n) is 10.4. The Morgan fingerprint density at radius 1 is 1.36 bits per heavy atom. The van der Waals surface area contributed by atoms with E-state index in [4.69, 9.17) is 9.16 Å². The van der Waals surface area contributed by atoms with Crippen molar-refractivity contribution in [2.24, 2.45) is 23.2 Å². The van der Waals surface area contributed by atoms with Gasteiger partial charge in [-0.15, -0.1) is 0 Å². The van der Waals surface area contributed by atoms with Crippen molar-refractivity contribution in [3.8, 4) is 0 Å². The smallest absolute Gasteiger partial charge is 0.314 e. The maximum Gasteiger partial charge on any atom is 0.314 e. The van der Waals surface area contributed by atoms with Crippen molar-refractivity contribution >= 4 is 20.2 Å². The number of amides is 1. The molecule has 1 saturated heterocycles. The van der Waals surface area contributed by atoms with Crippen LogP contribution in [0.25, 0.3) is 0 Å². The quantitative estimate of drug-likeness (QED) is 0.440.